The van der Waals surface area contributed by atoms with Gasteiger partial charge in [0.1, 0.15) is 12.0 Å². The van der Waals surface area contributed by atoms with Crippen LogP contribution in [-0.2, 0) is 21.9 Å². The molecular weight excluding hydrogens is 281 g/mol. The van der Waals surface area contributed by atoms with Crippen molar-refractivity contribution in [1.29, 1.82) is 0 Å². The Bertz CT molecular complexity index is 439. The highest BCUT2D eigenvalue weighted by molar-refractivity contribution is 7.86. The number of benzene rings is 1. The van der Waals surface area contributed by atoms with Crippen LogP contribution in [0.1, 0.15) is 0 Å². The van der Waals surface area contributed by atoms with Gasteiger partial charge in [-0.3, -0.25) is 0 Å². The topological polar surface area (TPSA) is 77.4 Å². The molecule has 0 aromatic heterocycles. The SMILES string of the molecule is C[SH+]c1ccc(O)cc1.O=S(=O)([O-])C(F)(F)F. The van der Waals surface area contributed by atoms with E-state index in [1.165, 1.54) is 16.7 Å². The third kappa shape index (κ3) is 6.39. The second kappa shape index (κ2) is 6.12. The van der Waals surface area contributed by atoms with E-state index in [9.17, 15) is 13.2 Å². The van der Waals surface area contributed by atoms with E-state index in [4.69, 9.17) is 18.1 Å². The number of halogens is 3. The minimum Gasteiger partial charge on any atom is -0.741 e. The Morgan fingerprint density at radius 1 is 1.24 bits per heavy atom. The van der Waals surface area contributed by atoms with Crippen LogP contribution in [0, 0.1) is 0 Å². The average Bonchev–Trinajstić information content (AvgIpc) is 2.17. The van der Waals surface area contributed by atoms with E-state index in [2.05, 4.69) is 6.26 Å². The number of phenolic OH excluding ortho intramolecular Hbond substituents is 1. The molecule has 0 aliphatic rings. The van der Waals surface area contributed by atoms with E-state index in [-0.39, 0.29) is 0 Å². The van der Waals surface area contributed by atoms with Crippen LogP contribution in [0.2, 0.25) is 0 Å². The number of aromatic hydroxyl groups is 1. The molecule has 0 saturated carbocycles. The van der Waals surface area contributed by atoms with Crippen LogP contribution < -0.4 is 0 Å². The Kier molecular flexibility index (Phi) is 5.79. The quantitative estimate of drug-likeness (QED) is 0.365. The zero-order chi connectivity index (χ0) is 13.7. The van der Waals surface area contributed by atoms with Crippen molar-refractivity contribution in [3.63, 3.8) is 0 Å². The number of rotatable bonds is 1. The Hall–Kier alpha value is -0.930. The summed E-state index contributed by atoms with van der Waals surface area (Å²) in [6.45, 7) is 0. The highest BCUT2D eigenvalue weighted by Gasteiger charge is 2.36. The molecule has 0 radical (unpaired) electrons. The lowest BCUT2D eigenvalue weighted by atomic mass is 10.3. The molecule has 0 aliphatic heterocycles. The Morgan fingerprint density at radius 2 is 1.59 bits per heavy atom. The second-order valence-corrected chi connectivity index (χ2v) is 4.97. The highest BCUT2D eigenvalue weighted by Crippen LogP contribution is 2.20. The van der Waals surface area contributed by atoms with Crippen LogP contribution in [0.25, 0.3) is 0 Å². The van der Waals surface area contributed by atoms with E-state index in [0.29, 0.717) is 5.75 Å². The molecule has 9 heteroatoms. The van der Waals surface area contributed by atoms with Crippen LogP contribution >= 0.6 is 0 Å². The summed E-state index contributed by atoms with van der Waals surface area (Å²) in [4.78, 5) is 1.23. The lowest BCUT2D eigenvalue weighted by Crippen LogP contribution is -2.21. The van der Waals surface area contributed by atoms with Gasteiger partial charge in [0.05, 0.1) is 0 Å². The third-order valence-electron chi connectivity index (χ3n) is 1.39. The number of phenols is 1. The van der Waals surface area contributed by atoms with Gasteiger partial charge in [-0.05, 0) is 24.3 Å². The Labute approximate surface area is 100 Å². The zero-order valence-electron chi connectivity index (χ0n) is 8.47. The van der Waals surface area contributed by atoms with Crippen LogP contribution in [-0.4, -0.2) is 29.8 Å². The van der Waals surface area contributed by atoms with Crippen molar-refractivity contribution in [2.24, 2.45) is 0 Å². The van der Waals surface area contributed by atoms with Gasteiger partial charge in [-0.1, -0.05) is 0 Å². The molecule has 1 N–H and O–H groups in total. The Balaban J connectivity index is 0.000000304. The predicted molar refractivity (Wildman–Crippen MR) is 56.8 cm³/mol. The minimum absolute atomic E-state index is 0.336. The number of alkyl halides is 3. The van der Waals surface area contributed by atoms with Gasteiger partial charge in [0.15, 0.2) is 15.0 Å². The Morgan fingerprint density at radius 3 is 1.82 bits per heavy atom. The first-order valence-corrected chi connectivity index (χ1v) is 6.74. The van der Waals surface area contributed by atoms with Gasteiger partial charge in [0.25, 0.3) is 0 Å². The fourth-order valence-electron chi connectivity index (χ4n) is 0.602. The highest BCUT2D eigenvalue weighted by atomic mass is 32.2. The molecule has 0 fully saturated rings. The monoisotopic (exact) mass is 290 g/mol. The summed E-state index contributed by atoms with van der Waals surface area (Å²) in [6.07, 6.45) is 2.06. The average molecular weight is 290 g/mol. The van der Waals surface area contributed by atoms with Gasteiger partial charge in [-0.15, -0.1) is 0 Å². The molecule has 0 bridgehead atoms. The normalized spacial score (nSPS) is 11.6. The molecule has 4 nitrogen and oxygen atoms in total. The second-order valence-electron chi connectivity index (χ2n) is 2.64. The standard InChI is InChI=1S/C7H8OS.CHF3O3S/c1-9-7-4-2-6(8)3-5-7;2-1(3,4)8(5,6)7/h2-5,8H,1H3;(H,5,6,7). The van der Waals surface area contributed by atoms with Crippen LogP contribution in [0.3, 0.4) is 0 Å². The van der Waals surface area contributed by atoms with Crippen molar-refractivity contribution < 1.29 is 31.2 Å². The summed E-state index contributed by atoms with van der Waals surface area (Å²) in [5.74, 6) is 0.336. The molecule has 0 atom stereocenters. The summed E-state index contributed by atoms with van der Waals surface area (Å²) in [7, 11) is -6.09. The molecule has 0 heterocycles. The van der Waals surface area contributed by atoms with Gasteiger partial charge in [0.2, 0.25) is 0 Å². The van der Waals surface area contributed by atoms with Crippen molar-refractivity contribution in [2.75, 3.05) is 6.26 Å². The maximum Gasteiger partial charge on any atom is 0.485 e. The lowest BCUT2D eigenvalue weighted by Gasteiger charge is -2.08. The van der Waals surface area contributed by atoms with Gasteiger partial charge in [-0.25, -0.2) is 8.42 Å². The molecule has 17 heavy (non-hydrogen) atoms. The maximum absolute atomic E-state index is 10.7. The van der Waals surface area contributed by atoms with E-state index >= 15 is 0 Å². The van der Waals surface area contributed by atoms with Gasteiger partial charge in [0, 0.05) is 11.8 Å². The molecule has 0 unspecified atom stereocenters. The molecule has 0 saturated heterocycles. The fourth-order valence-corrected chi connectivity index (χ4v) is 1.05. The predicted octanol–water partition coefficient (Wildman–Crippen LogP) is 1.25. The van der Waals surface area contributed by atoms with E-state index in [1.54, 1.807) is 12.1 Å². The zero-order valence-corrected chi connectivity index (χ0v) is 10.2. The molecular formula is C8H9F3O4S2. The molecule has 1 rings (SSSR count). The molecule has 0 spiro atoms. The van der Waals surface area contributed by atoms with Crippen molar-refractivity contribution >= 4 is 21.9 Å². The molecule has 1 aromatic carbocycles. The summed E-state index contributed by atoms with van der Waals surface area (Å²) < 4.78 is 58.9. The third-order valence-corrected chi connectivity index (χ3v) is 2.77. The van der Waals surface area contributed by atoms with Crippen molar-refractivity contribution in [1.82, 2.24) is 0 Å². The van der Waals surface area contributed by atoms with Gasteiger partial charge < -0.3 is 9.66 Å². The van der Waals surface area contributed by atoms with Crippen LogP contribution in [0.4, 0.5) is 13.2 Å². The summed E-state index contributed by atoms with van der Waals surface area (Å²) in [5.41, 5.74) is -5.65. The smallest absolute Gasteiger partial charge is 0.485 e. The maximum atomic E-state index is 10.7. The largest absolute Gasteiger partial charge is 0.741 e. The number of hydrogen-bond acceptors (Lipinski definition) is 4. The first kappa shape index (κ1) is 16.1. The lowest BCUT2D eigenvalue weighted by molar-refractivity contribution is -0.0517. The van der Waals surface area contributed by atoms with Crippen LogP contribution in [0.15, 0.2) is 29.2 Å². The number of thiol groups is 1. The summed E-state index contributed by atoms with van der Waals surface area (Å²) in [5, 5.41) is 8.85. The molecule has 98 valence electrons. The molecule has 0 aliphatic carbocycles. The molecule has 1 aromatic rings. The van der Waals surface area contributed by atoms with E-state index in [1.807, 2.05) is 12.1 Å². The summed E-state index contributed by atoms with van der Waals surface area (Å²) in [6, 6.07) is 7.23. The summed E-state index contributed by atoms with van der Waals surface area (Å²) >= 11 is 1.24. The fraction of sp³-hybridized carbons (Fsp3) is 0.250. The van der Waals surface area contributed by atoms with Gasteiger partial charge in [-0.2, -0.15) is 13.2 Å². The van der Waals surface area contributed by atoms with Crippen LogP contribution in [0.5, 0.6) is 5.75 Å². The van der Waals surface area contributed by atoms with Gasteiger partial charge >= 0.3 is 5.51 Å². The van der Waals surface area contributed by atoms with Crippen molar-refractivity contribution in [3.05, 3.63) is 24.3 Å². The number of hydrogen-bond donors (Lipinski definition) is 1. The minimum atomic E-state index is -6.09. The molecule has 0 amide bonds. The van der Waals surface area contributed by atoms with E-state index < -0.39 is 15.6 Å². The first-order valence-electron chi connectivity index (χ1n) is 3.99. The first-order chi connectivity index (χ1) is 7.58. The van der Waals surface area contributed by atoms with Crippen molar-refractivity contribution in [2.45, 2.75) is 10.4 Å². The van der Waals surface area contributed by atoms with Crippen molar-refractivity contribution in [3.8, 4) is 5.75 Å². The van der Waals surface area contributed by atoms with E-state index in [0.717, 1.165) is 0 Å².